The highest BCUT2D eigenvalue weighted by molar-refractivity contribution is 6.21. The van der Waals surface area contributed by atoms with E-state index >= 15 is 0 Å². The number of esters is 1. The van der Waals surface area contributed by atoms with Crippen LogP contribution in [0.2, 0.25) is 0 Å². The van der Waals surface area contributed by atoms with E-state index in [0.29, 0.717) is 17.9 Å². The van der Waals surface area contributed by atoms with Crippen molar-refractivity contribution in [2.24, 2.45) is 5.73 Å². The Morgan fingerprint density at radius 3 is 2.43 bits per heavy atom. The minimum absolute atomic E-state index is 0.0893. The molecule has 1 unspecified atom stereocenters. The molecule has 0 bridgehead atoms. The van der Waals surface area contributed by atoms with Crippen LogP contribution in [0.4, 0.5) is 0 Å². The second kappa shape index (κ2) is 6.41. The quantitative estimate of drug-likeness (QED) is 0.275. The Balaban J connectivity index is 2.18. The van der Waals surface area contributed by atoms with E-state index in [1.807, 2.05) is 0 Å². The van der Waals surface area contributed by atoms with Crippen molar-refractivity contribution in [3.63, 3.8) is 0 Å². The molecule has 1 fully saturated rings. The zero-order valence-electron chi connectivity index (χ0n) is 11.9. The number of Topliss-reactive ketones (excluding diaryl/α,β-unsaturated/α-hetero) is 1. The van der Waals surface area contributed by atoms with Gasteiger partial charge in [0, 0.05) is 0 Å². The summed E-state index contributed by atoms with van der Waals surface area (Å²) in [4.78, 5) is 23.1. The number of carbonyl (C=O) groups is 2. The Morgan fingerprint density at radius 2 is 1.95 bits per heavy atom. The number of methoxy groups -OCH3 is 1. The van der Waals surface area contributed by atoms with Crippen LogP contribution in [0.1, 0.15) is 12.5 Å². The second-order valence-corrected chi connectivity index (χ2v) is 4.63. The van der Waals surface area contributed by atoms with Gasteiger partial charge in [0.1, 0.15) is 24.0 Å². The van der Waals surface area contributed by atoms with Crippen LogP contribution in [0.25, 0.3) is 5.70 Å². The van der Waals surface area contributed by atoms with Crippen LogP contribution in [0.3, 0.4) is 0 Å². The van der Waals surface area contributed by atoms with Gasteiger partial charge in [0.25, 0.3) is 0 Å². The molecule has 2 N–H and O–H groups in total. The Morgan fingerprint density at radius 1 is 1.33 bits per heavy atom. The number of ether oxygens (including phenoxy) is 3. The lowest BCUT2D eigenvalue weighted by atomic mass is 10.0. The lowest BCUT2D eigenvalue weighted by Gasteiger charge is -2.09. The maximum Gasteiger partial charge on any atom is 0.343 e. The van der Waals surface area contributed by atoms with Crippen LogP contribution in [-0.2, 0) is 19.1 Å². The lowest BCUT2D eigenvalue weighted by molar-refractivity contribution is -0.137. The molecule has 6 heteroatoms. The Kier molecular flexibility index (Phi) is 4.59. The van der Waals surface area contributed by atoms with Crippen molar-refractivity contribution in [1.29, 1.82) is 0 Å². The third-order valence-electron chi connectivity index (χ3n) is 3.01. The first-order valence-corrected chi connectivity index (χ1v) is 6.46. The van der Waals surface area contributed by atoms with Crippen LogP contribution in [-0.4, -0.2) is 38.2 Å². The fraction of sp³-hybridized carbons (Fsp3) is 0.333. The van der Waals surface area contributed by atoms with E-state index < -0.39 is 11.8 Å². The minimum atomic E-state index is -0.744. The topological polar surface area (TPSA) is 91.2 Å². The smallest absolute Gasteiger partial charge is 0.343 e. The Hall–Kier alpha value is -2.34. The molecular weight excluding hydrogens is 274 g/mol. The van der Waals surface area contributed by atoms with Crippen molar-refractivity contribution in [2.45, 2.75) is 13.0 Å². The van der Waals surface area contributed by atoms with Crippen LogP contribution < -0.4 is 10.5 Å². The summed E-state index contributed by atoms with van der Waals surface area (Å²) in [6.45, 7) is 2.51. The molecule has 21 heavy (non-hydrogen) atoms. The predicted octanol–water partition coefficient (Wildman–Crippen LogP) is 0.896. The number of nitrogens with two attached hydrogens (primary N) is 1. The van der Waals surface area contributed by atoms with E-state index in [4.69, 9.17) is 15.2 Å². The number of ketones is 1. The van der Waals surface area contributed by atoms with Crippen LogP contribution >= 0.6 is 0 Å². The zero-order chi connectivity index (χ0) is 15.4. The molecule has 1 heterocycles. The van der Waals surface area contributed by atoms with Gasteiger partial charge >= 0.3 is 5.97 Å². The highest BCUT2D eigenvalue weighted by Crippen LogP contribution is 2.20. The molecule has 6 nitrogen and oxygen atoms in total. The van der Waals surface area contributed by atoms with Crippen molar-refractivity contribution in [1.82, 2.24) is 0 Å². The normalized spacial score (nSPS) is 17.7. The highest BCUT2D eigenvalue weighted by atomic mass is 16.6. The molecule has 0 aromatic heterocycles. The van der Waals surface area contributed by atoms with Crippen molar-refractivity contribution in [3.8, 4) is 5.75 Å². The molecule has 1 saturated heterocycles. The first-order chi connectivity index (χ1) is 10.0. The van der Waals surface area contributed by atoms with Crippen molar-refractivity contribution < 1.29 is 23.8 Å². The summed E-state index contributed by atoms with van der Waals surface area (Å²) in [5.41, 5.74) is 6.39. The van der Waals surface area contributed by atoms with E-state index in [0.717, 1.165) is 6.61 Å². The van der Waals surface area contributed by atoms with Crippen LogP contribution in [0, 0.1) is 0 Å². The molecule has 1 aromatic carbocycles. The van der Waals surface area contributed by atoms with E-state index in [-0.39, 0.29) is 17.4 Å². The summed E-state index contributed by atoms with van der Waals surface area (Å²) in [6.07, 6.45) is 0.179. The average Bonchev–Trinajstić information content (AvgIpc) is 3.29. The monoisotopic (exact) mass is 291 g/mol. The summed E-state index contributed by atoms with van der Waals surface area (Å²) < 4.78 is 15.1. The van der Waals surface area contributed by atoms with Gasteiger partial charge in [-0.15, -0.1) is 0 Å². The molecule has 1 atom stereocenters. The van der Waals surface area contributed by atoms with Gasteiger partial charge in [-0.1, -0.05) is 0 Å². The molecule has 0 amide bonds. The molecule has 0 radical (unpaired) electrons. The van der Waals surface area contributed by atoms with Gasteiger partial charge in [0.15, 0.2) is 5.78 Å². The molecule has 0 spiro atoms. The summed E-state index contributed by atoms with van der Waals surface area (Å²) in [5.74, 6) is -0.513. The summed E-state index contributed by atoms with van der Waals surface area (Å²) in [5, 5.41) is 0. The summed E-state index contributed by atoms with van der Waals surface area (Å²) in [7, 11) is 1.20. The van der Waals surface area contributed by atoms with Gasteiger partial charge < -0.3 is 19.9 Å². The molecule has 1 aliphatic heterocycles. The Labute approximate surface area is 122 Å². The fourth-order valence-corrected chi connectivity index (χ4v) is 1.77. The number of epoxide rings is 1. The van der Waals surface area contributed by atoms with Gasteiger partial charge in [0.05, 0.1) is 19.4 Å². The summed E-state index contributed by atoms with van der Waals surface area (Å²) in [6, 6.07) is 6.81. The maximum absolute atomic E-state index is 11.6. The largest absolute Gasteiger partial charge is 0.491 e. The van der Waals surface area contributed by atoms with E-state index in [1.165, 1.54) is 14.0 Å². The van der Waals surface area contributed by atoms with E-state index in [1.54, 1.807) is 24.3 Å². The molecule has 112 valence electrons. The van der Waals surface area contributed by atoms with Gasteiger partial charge in [-0.3, -0.25) is 4.79 Å². The lowest BCUT2D eigenvalue weighted by Crippen LogP contribution is -2.17. The van der Waals surface area contributed by atoms with E-state index in [9.17, 15) is 9.59 Å². The minimum Gasteiger partial charge on any atom is -0.491 e. The second-order valence-electron chi connectivity index (χ2n) is 4.63. The van der Waals surface area contributed by atoms with Crippen molar-refractivity contribution in [3.05, 3.63) is 35.4 Å². The van der Waals surface area contributed by atoms with Gasteiger partial charge in [0.2, 0.25) is 0 Å². The fourth-order valence-electron chi connectivity index (χ4n) is 1.77. The van der Waals surface area contributed by atoms with Gasteiger partial charge in [-0.25, -0.2) is 4.79 Å². The van der Waals surface area contributed by atoms with Crippen LogP contribution in [0.5, 0.6) is 5.75 Å². The third-order valence-corrected chi connectivity index (χ3v) is 3.01. The van der Waals surface area contributed by atoms with Gasteiger partial charge in [-0.05, 0) is 36.8 Å². The number of hydrogen-bond donors (Lipinski definition) is 1. The molecule has 1 aromatic rings. The average molecular weight is 291 g/mol. The third kappa shape index (κ3) is 3.82. The number of hydrogen-bond acceptors (Lipinski definition) is 6. The SMILES string of the molecule is COC(=O)C(C(C)=O)=C(N)c1ccc(OCC2CO2)cc1. The van der Waals surface area contributed by atoms with Crippen molar-refractivity contribution in [2.75, 3.05) is 20.3 Å². The highest BCUT2D eigenvalue weighted by Gasteiger charge is 2.23. The molecule has 0 aliphatic carbocycles. The number of carbonyl (C=O) groups excluding carboxylic acids is 2. The first-order valence-electron chi connectivity index (χ1n) is 6.46. The standard InChI is InChI=1S/C15H17NO5/c1-9(17)13(15(18)19-2)14(16)10-3-5-11(6-4-10)20-7-12-8-21-12/h3-6,12H,7-8,16H2,1-2H3. The molecule has 0 saturated carbocycles. The summed E-state index contributed by atoms with van der Waals surface area (Å²) >= 11 is 0. The number of rotatable bonds is 6. The molecule has 2 rings (SSSR count). The van der Waals surface area contributed by atoms with E-state index in [2.05, 4.69) is 4.74 Å². The molecule has 1 aliphatic rings. The van der Waals surface area contributed by atoms with Crippen molar-refractivity contribution >= 4 is 17.4 Å². The van der Waals surface area contributed by atoms with Crippen LogP contribution in [0.15, 0.2) is 29.8 Å². The predicted molar refractivity (Wildman–Crippen MR) is 75.5 cm³/mol. The first kappa shape index (κ1) is 15.1. The Bertz CT molecular complexity index is 572. The molecular formula is C15H17NO5. The zero-order valence-corrected chi connectivity index (χ0v) is 11.9. The van der Waals surface area contributed by atoms with Gasteiger partial charge in [-0.2, -0.15) is 0 Å². The maximum atomic E-state index is 11.6. The number of benzene rings is 1.